The molecule has 1 aromatic heterocycles. The second kappa shape index (κ2) is 6.56. The molecule has 8 heteroatoms. The van der Waals surface area contributed by atoms with Gasteiger partial charge in [-0.15, -0.1) is 0 Å². The van der Waals surface area contributed by atoms with Crippen molar-refractivity contribution in [3.8, 4) is 0 Å². The predicted molar refractivity (Wildman–Crippen MR) is 89.2 cm³/mol. The van der Waals surface area contributed by atoms with Crippen molar-refractivity contribution < 1.29 is 4.74 Å². The lowest BCUT2D eigenvalue weighted by Crippen LogP contribution is -2.37. The highest BCUT2D eigenvalue weighted by Crippen LogP contribution is 2.31. The lowest BCUT2D eigenvalue weighted by atomic mass is 10.3. The van der Waals surface area contributed by atoms with E-state index >= 15 is 0 Å². The van der Waals surface area contributed by atoms with Crippen LogP contribution < -0.4 is 16.0 Å². The fourth-order valence-electron chi connectivity index (χ4n) is 2.22. The number of nitrogen functional groups attached to an aromatic ring is 1. The average molecular weight is 340 g/mol. The molecule has 0 unspecified atom stereocenters. The minimum atomic E-state index is 0.465. The summed E-state index contributed by atoms with van der Waals surface area (Å²) in [5.41, 5.74) is 7.45. The van der Waals surface area contributed by atoms with Gasteiger partial charge in [0, 0.05) is 18.8 Å². The highest BCUT2D eigenvalue weighted by atomic mass is 35.5. The van der Waals surface area contributed by atoms with E-state index in [1.807, 2.05) is 6.07 Å². The van der Waals surface area contributed by atoms with Crippen molar-refractivity contribution in [2.45, 2.75) is 0 Å². The Bertz CT molecular complexity index is 676. The van der Waals surface area contributed by atoms with Crippen molar-refractivity contribution in [2.75, 3.05) is 42.3 Å². The molecule has 1 aromatic carbocycles. The van der Waals surface area contributed by atoms with Crippen LogP contribution in [0.3, 0.4) is 0 Å². The molecule has 0 saturated carbocycles. The van der Waals surface area contributed by atoms with Gasteiger partial charge in [0.25, 0.3) is 0 Å². The topological polar surface area (TPSA) is 76.3 Å². The van der Waals surface area contributed by atoms with Crippen LogP contribution in [0.25, 0.3) is 0 Å². The molecule has 0 atom stereocenters. The average Bonchev–Trinajstić information content (AvgIpc) is 2.54. The first-order chi connectivity index (χ1) is 10.6. The molecule has 1 saturated heterocycles. The minimum Gasteiger partial charge on any atom is -0.393 e. The van der Waals surface area contributed by atoms with Gasteiger partial charge in [-0.05, 0) is 18.2 Å². The summed E-state index contributed by atoms with van der Waals surface area (Å²) in [5, 5.41) is 4.11. The molecule has 0 bridgehead atoms. The number of nitrogens with two attached hydrogens (primary N) is 1. The summed E-state index contributed by atoms with van der Waals surface area (Å²) in [5.74, 6) is 1.25. The SMILES string of the molecule is Nc1c(Nc2ccc(Cl)c(Cl)c2)ncnc1N1CCOCC1. The lowest BCUT2D eigenvalue weighted by molar-refractivity contribution is 0.122. The molecule has 1 fully saturated rings. The Hall–Kier alpha value is -1.76. The first-order valence-electron chi connectivity index (χ1n) is 6.80. The standard InChI is InChI=1S/C14H15Cl2N5O/c15-10-2-1-9(7-11(10)16)20-13-12(17)14(19-8-18-13)21-3-5-22-6-4-21/h1-2,7-8H,3-6,17H2,(H,18,19,20). The van der Waals surface area contributed by atoms with Crippen LogP contribution in [0.15, 0.2) is 24.5 Å². The van der Waals surface area contributed by atoms with Crippen molar-refractivity contribution >= 4 is 46.2 Å². The molecule has 0 aliphatic carbocycles. The number of ether oxygens (including phenoxy) is 1. The van der Waals surface area contributed by atoms with Crippen LogP contribution in [0.1, 0.15) is 0 Å². The molecular weight excluding hydrogens is 325 g/mol. The molecule has 0 amide bonds. The van der Waals surface area contributed by atoms with Gasteiger partial charge in [0.1, 0.15) is 12.0 Å². The fourth-order valence-corrected chi connectivity index (χ4v) is 2.52. The molecule has 0 spiro atoms. The number of rotatable bonds is 3. The summed E-state index contributed by atoms with van der Waals surface area (Å²) >= 11 is 11.9. The number of benzene rings is 1. The third-order valence-electron chi connectivity index (χ3n) is 3.36. The van der Waals surface area contributed by atoms with Gasteiger partial charge in [-0.3, -0.25) is 0 Å². The number of nitrogens with zero attached hydrogens (tertiary/aromatic N) is 3. The van der Waals surface area contributed by atoms with E-state index in [0.29, 0.717) is 40.6 Å². The van der Waals surface area contributed by atoms with Gasteiger partial charge < -0.3 is 20.7 Å². The monoisotopic (exact) mass is 339 g/mol. The second-order valence-corrected chi connectivity index (χ2v) is 5.63. The maximum Gasteiger partial charge on any atom is 0.159 e. The van der Waals surface area contributed by atoms with Crippen molar-refractivity contribution in [1.82, 2.24) is 9.97 Å². The molecule has 2 heterocycles. The van der Waals surface area contributed by atoms with E-state index in [0.717, 1.165) is 18.8 Å². The van der Waals surface area contributed by atoms with Crippen molar-refractivity contribution in [2.24, 2.45) is 0 Å². The van der Waals surface area contributed by atoms with Crippen molar-refractivity contribution in [1.29, 1.82) is 0 Å². The Labute approximate surface area is 138 Å². The number of aromatic nitrogens is 2. The number of nitrogens with one attached hydrogen (secondary N) is 1. The summed E-state index contributed by atoms with van der Waals surface area (Å²) in [7, 11) is 0. The van der Waals surface area contributed by atoms with E-state index in [2.05, 4.69) is 20.2 Å². The zero-order valence-corrected chi connectivity index (χ0v) is 13.2. The van der Waals surface area contributed by atoms with Gasteiger partial charge in [0.15, 0.2) is 11.6 Å². The van der Waals surface area contributed by atoms with Gasteiger partial charge in [0.2, 0.25) is 0 Å². The molecule has 6 nitrogen and oxygen atoms in total. The zero-order valence-electron chi connectivity index (χ0n) is 11.7. The molecule has 116 valence electrons. The van der Waals surface area contributed by atoms with Crippen LogP contribution in [0.5, 0.6) is 0 Å². The van der Waals surface area contributed by atoms with Crippen molar-refractivity contribution in [3.63, 3.8) is 0 Å². The highest BCUT2D eigenvalue weighted by molar-refractivity contribution is 6.42. The Morgan fingerprint density at radius 2 is 1.91 bits per heavy atom. The number of halogens is 2. The largest absolute Gasteiger partial charge is 0.393 e. The zero-order chi connectivity index (χ0) is 15.5. The number of hydrogen-bond donors (Lipinski definition) is 2. The molecule has 3 rings (SSSR count). The molecule has 3 N–H and O–H groups in total. The molecule has 2 aromatic rings. The van der Waals surface area contributed by atoms with E-state index < -0.39 is 0 Å². The van der Waals surface area contributed by atoms with Gasteiger partial charge in [0.05, 0.1) is 23.3 Å². The third-order valence-corrected chi connectivity index (χ3v) is 4.09. The van der Waals surface area contributed by atoms with Crippen LogP contribution in [0.2, 0.25) is 10.0 Å². The van der Waals surface area contributed by atoms with Gasteiger partial charge in [-0.1, -0.05) is 23.2 Å². The van der Waals surface area contributed by atoms with Gasteiger partial charge >= 0.3 is 0 Å². The number of anilines is 4. The summed E-state index contributed by atoms with van der Waals surface area (Å²) in [6, 6.07) is 5.25. The van der Waals surface area contributed by atoms with Gasteiger partial charge in [-0.25, -0.2) is 9.97 Å². The van der Waals surface area contributed by atoms with E-state index in [-0.39, 0.29) is 0 Å². The summed E-state index contributed by atoms with van der Waals surface area (Å²) in [6.45, 7) is 2.85. The second-order valence-electron chi connectivity index (χ2n) is 4.81. The van der Waals surface area contributed by atoms with E-state index in [9.17, 15) is 0 Å². The number of hydrogen-bond acceptors (Lipinski definition) is 6. The molecule has 0 radical (unpaired) electrons. The lowest BCUT2D eigenvalue weighted by Gasteiger charge is -2.29. The van der Waals surface area contributed by atoms with E-state index in [1.54, 1.807) is 12.1 Å². The predicted octanol–water partition coefficient (Wildman–Crippen LogP) is 2.95. The van der Waals surface area contributed by atoms with Gasteiger partial charge in [-0.2, -0.15) is 0 Å². The Morgan fingerprint density at radius 1 is 1.14 bits per heavy atom. The molecular formula is C14H15Cl2N5O. The smallest absolute Gasteiger partial charge is 0.159 e. The third kappa shape index (κ3) is 3.19. The first kappa shape index (κ1) is 15.1. The van der Waals surface area contributed by atoms with Crippen LogP contribution in [0, 0.1) is 0 Å². The van der Waals surface area contributed by atoms with Crippen LogP contribution >= 0.6 is 23.2 Å². The minimum absolute atomic E-state index is 0.465. The normalized spacial score (nSPS) is 14.9. The quantitative estimate of drug-likeness (QED) is 0.895. The van der Waals surface area contributed by atoms with Crippen LogP contribution in [0.4, 0.5) is 23.0 Å². The van der Waals surface area contributed by atoms with E-state index in [4.69, 9.17) is 33.7 Å². The molecule has 1 aliphatic heterocycles. The maximum atomic E-state index is 6.20. The Balaban J connectivity index is 1.86. The Morgan fingerprint density at radius 3 is 2.64 bits per heavy atom. The van der Waals surface area contributed by atoms with E-state index in [1.165, 1.54) is 6.33 Å². The highest BCUT2D eigenvalue weighted by Gasteiger charge is 2.17. The summed E-state index contributed by atoms with van der Waals surface area (Å²) < 4.78 is 5.34. The Kier molecular flexibility index (Phi) is 4.52. The van der Waals surface area contributed by atoms with Crippen LogP contribution in [-0.4, -0.2) is 36.3 Å². The van der Waals surface area contributed by atoms with Crippen LogP contribution in [-0.2, 0) is 4.74 Å². The first-order valence-corrected chi connectivity index (χ1v) is 7.56. The molecule has 22 heavy (non-hydrogen) atoms. The fraction of sp³-hybridized carbons (Fsp3) is 0.286. The molecule has 1 aliphatic rings. The summed E-state index contributed by atoms with van der Waals surface area (Å²) in [6.07, 6.45) is 1.49. The van der Waals surface area contributed by atoms with Crippen molar-refractivity contribution in [3.05, 3.63) is 34.6 Å². The maximum absolute atomic E-state index is 6.20. The summed E-state index contributed by atoms with van der Waals surface area (Å²) in [4.78, 5) is 10.6. The number of morpholine rings is 1.